The van der Waals surface area contributed by atoms with Gasteiger partial charge in [0.25, 0.3) is 0 Å². The van der Waals surface area contributed by atoms with Gasteiger partial charge in [0.2, 0.25) is 0 Å². The molecular formula is C11H14N4O. The Bertz CT molecular complexity index is 492. The summed E-state index contributed by atoms with van der Waals surface area (Å²) in [7, 11) is 3.48. The molecule has 0 unspecified atom stereocenters. The molecule has 1 heterocycles. The number of rotatable bonds is 3. The van der Waals surface area contributed by atoms with Gasteiger partial charge in [-0.1, -0.05) is 0 Å². The van der Waals surface area contributed by atoms with E-state index in [-0.39, 0.29) is 0 Å². The first-order valence-corrected chi connectivity index (χ1v) is 4.89. The lowest BCUT2D eigenvalue weighted by molar-refractivity contribution is 0.415. The van der Waals surface area contributed by atoms with E-state index in [1.165, 1.54) is 0 Å². The van der Waals surface area contributed by atoms with Gasteiger partial charge in [-0.15, -0.1) is 0 Å². The number of ether oxygens (including phenoxy) is 1. The Morgan fingerprint density at radius 2 is 2.19 bits per heavy atom. The van der Waals surface area contributed by atoms with Crippen molar-refractivity contribution in [3.05, 3.63) is 30.5 Å². The third-order valence-corrected chi connectivity index (χ3v) is 2.24. The van der Waals surface area contributed by atoms with E-state index in [2.05, 4.69) is 10.4 Å². The van der Waals surface area contributed by atoms with Gasteiger partial charge >= 0.3 is 0 Å². The maximum absolute atomic E-state index is 5.87. The van der Waals surface area contributed by atoms with Crippen LogP contribution >= 0.6 is 0 Å². The number of nitrogens with two attached hydrogens (primary N) is 1. The lowest BCUT2D eigenvalue weighted by atomic mass is 10.2. The SMILES string of the molecule is COc1ccc(Nc2ccn(C)n2)c(N)c1. The molecule has 0 atom stereocenters. The van der Waals surface area contributed by atoms with Crippen LogP contribution < -0.4 is 15.8 Å². The summed E-state index contributed by atoms with van der Waals surface area (Å²) < 4.78 is 6.80. The van der Waals surface area contributed by atoms with Gasteiger partial charge in [-0.2, -0.15) is 5.10 Å². The Labute approximate surface area is 93.8 Å². The Kier molecular flexibility index (Phi) is 2.68. The molecule has 1 aromatic heterocycles. The van der Waals surface area contributed by atoms with Crippen LogP contribution in [0, 0.1) is 0 Å². The molecule has 3 N–H and O–H groups in total. The van der Waals surface area contributed by atoms with Crippen LogP contribution in [0.2, 0.25) is 0 Å². The van der Waals surface area contributed by atoms with Crippen molar-refractivity contribution in [2.75, 3.05) is 18.2 Å². The smallest absolute Gasteiger partial charge is 0.152 e. The molecular weight excluding hydrogens is 204 g/mol. The Morgan fingerprint density at radius 3 is 2.75 bits per heavy atom. The minimum absolute atomic E-state index is 0.630. The molecule has 0 aliphatic rings. The zero-order chi connectivity index (χ0) is 11.5. The van der Waals surface area contributed by atoms with E-state index in [1.807, 2.05) is 31.4 Å². The Hall–Kier alpha value is -2.17. The number of nitrogens with zero attached hydrogens (tertiary/aromatic N) is 2. The number of benzene rings is 1. The van der Waals surface area contributed by atoms with Crippen molar-refractivity contribution in [3.8, 4) is 5.75 Å². The van der Waals surface area contributed by atoms with Gasteiger partial charge in [0.1, 0.15) is 5.75 Å². The van der Waals surface area contributed by atoms with E-state index in [0.717, 1.165) is 17.3 Å². The summed E-state index contributed by atoms with van der Waals surface area (Å²) >= 11 is 0. The second-order valence-corrected chi connectivity index (χ2v) is 3.45. The highest BCUT2D eigenvalue weighted by molar-refractivity contribution is 5.72. The molecule has 0 aliphatic carbocycles. The summed E-state index contributed by atoms with van der Waals surface area (Å²) in [5, 5.41) is 7.34. The fourth-order valence-electron chi connectivity index (χ4n) is 1.40. The fraction of sp³-hybridized carbons (Fsp3) is 0.182. The first-order chi connectivity index (χ1) is 7.69. The zero-order valence-electron chi connectivity index (χ0n) is 9.27. The molecule has 0 aliphatic heterocycles. The molecule has 1 aromatic carbocycles. The number of methoxy groups -OCH3 is 1. The van der Waals surface area contributed by atoms with E-state index in [1.54, 1.807) is 17.9 Å². The second-order valence-electron chi connectivity index (χ2n) is 3.45. The van der Waals surface area contributed by atoms with Crippen LogP contribution in [0.4, 0.5) is 17.2 Å². The number of anilines is 3. The van der Waals surface area contributed by atoms with Crippen LogP contribution in [0.25, 0.3) is 0 Å². The largest absolute Gasteiger partial charge is 0.497 e. The Morgan fingerprint density at radius 1 is 1.38 bits per heavy atom. The predicted octanol–water partition coefficient (Wildman–Crippen LogP) is 1.75. The molecule has 0 bridgehead atoms. The molecule has 0 saturated heterocycles. The molecule has 5 heteroatoms. The third kappa shape index (κ3) is 2.08. The first kappa shape index (κ1) is 10.4. The standard InChI is InChI=1S/C11H14N4O/c1-15-6-5-11(14-15)13-10-4-3-8(16-2)7-9(10)12/h3-7H,12H2,1-2H3,(H,13,14). The van der Waals surface area contributed by atoms with Crippen molar-refractivity contribution >= 4 is 17.2 Å². The molecule has 84 valence electrons. The number of nitrogen functional groups attached to an aromatic ring is 1. The summed E-state index contributed by atoms with van der Waals surface area (Å²) in [6, 6.07) is 7.36. The van der Waals surface area contributed by atoms with Gasteiger partial charge in [-0.05, 0) is 12.1 Å². The highest BCUT2D eigenvalue weighted by Gasteiger charge is 2.03. The monoisotopic (exact) mass is 218 g/mol. The number of aryl methyl sites for hydroxylation is 1. The molecule has 0 fully saturated rings. The summed E-state index contributed by atoms with van der Waals surface area (Å²) in [6.45, 7) is 0. The fourth-order valence-corrected chi connectivity index (χ4v) is 1.40. The maximum Gasteiger partial charge on any atom is 0.152 e. The van der Waals surface area contributed by atoms with Crippen molar-refractivity contribution in [1.82, 2.24) is 9.78 Å². The topological polar surface area (TPSA) is 65.1 Å². The van der Waals surface area contributed by atoms with Crippen LogP contribution in [0.15, 0.2) is 30.5 Å². The first-order valence-electron chi connectivity index (χ1n) is 4.89. The maximum atomic E-state index is 5.87. The number of hydrogen-bond acceptors (Lipinski definition) is 4. The van der Waals surface area contributed by atoms with E-state index in [0.29, 0.717) is 5.69 Å². The minimum Gasteiger partial charge on any atom is -0.497 e. The third-order valence-electron chi connectivity index (χ3n) is 2.24. The van der Waals surface area contributed by atoms with Crippen LogP contribution in [-0.4, -0.2) is 16.9 Å². The Balaban J connectivity index is 2.21. The van der Waals surface area contributed by atoms with E-state index < -0.39 is 0 Å². The van der Waals surface area contributed by atoms with Gasteiger partial charge in [0, 0.05) is 25.4 Å². The summed E-state index contributed by atoms with van der Waals surface area (Å²) in [5.41, 5.74) is 7.32. The predicted molar refractivity (Wildman–Crippen MR) is 63.9 cm³/mol. The lowest BCUT2D eigenvalue weighted by Gasteiger charge is -2.08. The normalized spacial score (nSPS) is 10.1. The highest BCUT2D eigenvalue weighted by Crippen LogP contribution is 2.26. The highest BCUT2D eigenvalue weighted by atomic mass is 16.5. The lowest BCUT2D eigenvalue weighted by Crippen LogP contribution is -1.98. The zero-order valence-corrected chi connectivity index (χ0v) is 9.27. The quantitative estimate of drug-likeness (QED) is 0.770. The van der Waals surface area contributed by atoms with Gasteiger partial charge < -0.3 is 15.8 Å². The molecule has 2 aromatic rings. The van der Waals surface area contributed by atoms with Gasteiger partial charge in [-0.3, -0.25) is 4.68 Å². The van der Waals surface area contributed by atoms with Crippen molar-refractivity contribution in [2.24, 2.45) is 7.05 Å². The summed E-state index contributed by atoms with van der Waals surface area (Å²) in [4.78, 5) is 0. The van der Waals surface area contributed by atoms with Gasteiger partial charge in [-0.25, -0.2) is 0 Å². The molecule has 0 amide bonds. The number of hydrogen-bond donors (Lipinski definition) is 2. The van der Waals surface area contributed by atoms with Crippen molar-refractivity contribution in [3.63, 3.8) is 0 Å². The summed E-state index contributed by atoms with van der Waals surface area (Å²) in [6.07, 6.45) is 1.86. The van der Waals surface area contributed by atoms with E-state index in [9.17, 15) is 0 Å². The molecule has 2 rings (SSSR count). The number of nitrogens with one attached hydrogen (secondary N) is 1. The second kappa shape index (κ2) is 4.14. The van der Waals surface area contributed by atoms with Crippen molar-refractivity contribution in [2.45, 2.75) is 0 Å². The van der Waals surface area contributed by atoms with Crippen LogP contribution in [0.5, 0.6) is 5.75 Å². The van der Waals surface area contributed by atoms with Crippen molar-refractivity contribution in [1.29, 1.82) is 0 Å². The molecule has 0 spiro atoms. The minimum atomic E-state index is 0.630. The molecule has 5 nitrogen and oxygen atoms in total. The van der Waals surface area contributed by atoms with Crippen molar-refractivity contribution < 1.29 is 4.74 Å². The average molecular weight is 218 g/mol. The molecule has 16 heavy (non-hydrogen) atoms. The summed E-state index contributed by atoms with van der Waals surface area (Å²) in [5.74, 6) is 1.50. The van der Waals surface area contributed by atoms with Crippen LogP contribution in [-0.2, 0) is 7.05 Å². The molecule has 0 radical (unpaired) electrons. The number of aromatic nitrogens is 2. The van der Waals surface area contributed by atoms with Crippen LogP contribution in [0.1, 0.15) is 0 Å². The van der Waals surface area contributed by atoms with Gasteiger partial charge in [0.15, 0.2) is 5.82 Å². The molecule has 0 saturated carbocycles. The van der Waals surface area contributed by atoms with E-state index >= 15 is 0 Å². The average Bonchev–Trinajstić information content (AvgIpc) is 2.67. The van der Waals surface area contributed by atoms with Crippen LogP contribution in [0.3, 0.4) is 0 Å². The van der Waals surface area contributed by atoms with Gasteiger partial charge in [0.05, 0.1) is 18.5 Å². The van der Waals surface area contributed by atoms with E-state index in [4.69, 9.17) is 10.5 Å².